The largest absolute Gasteiger partial charge is 0.355 e. The second-order valence-electron chi connectivity index (χ2n) is 4.30. The molecule has 0 fully saturated rings. The lowest BCUT2D eigenvalue weighted by atomic mass is 10.2. The minimum atomic E-state index is -0.740. The van der Waals surface area contributed by atoms with Crippen molar-refractivity contribution in [1.29, 1.82) is 0 Å². The second kappa shape index (κ2) is 14.0. The fourth-order valence-electron chi connectivity index (χ4n) is 1.46. The summed E-state index contributed by atoms with van der Waals surface area (Å²) < 4.78 is 0.558. The molecule has 4 N–H and O–H groups in total. The summed E-state index contributed by atoms with van der Waals surface area (Å²) in [6.45, 7) is 0.748. The molecule has 0 aromatic rings. The summed E-state index contributed by atoms with van der Waals surface area (Å²) >= 11 is 9.16. The Morgan fingerprint density at radius 3 is 1.96 bits per heavy atom. The van der Waals surface area contributed by atoms with Gasteiger partial charge in [0.25, 0.3) is 0 Å². The Kier molecular flexibility index (Phi) is 13.8. The molecule has 0 saturated heterocycles. The van der Waals surface area contributed by atoms with Gasteiger partial charge in [-0.15, -0.1) is 11.6 Å². The first-order valence-corrected chi connectivity index (χ1v) is 10.3. The Morgan fingerprint density at radius 1 is 0.826 bits per heavy atom. The highest BCUT2D eigenvalue weighted by Crippen LogP contribution is 1.94. The molecule has 0 rings (SSSR count). The Balaban J connectivity index is 4.30. The maximum absolute atomic E-state index is 12.1. The van der Waals surface area contributed by atoms with E-state index in [9.17, 15) is 19.2 Å². The van der Waals surface area contributed by atoms with Crippen LogP contribution in [0.3, 0.4) is 0 Å². The van der Waals surface area contributed by atoms with E-state index in [-0.39, 0.29) is 60.0 Å². The Bertz CT molecular complexity index is 426. The SMILES string of the molecule is O=C(CCl)NCCNC(=O)[C@H](CCNC(=O)CI)NC(=O)CI. The van der Waals surface area contributed by atoms with Crippen LogP contribution >= 0.6 is 56.8 Å². The topological polar surface area (TPSA) is 116 Å². The van der Waals surface area contributed by atoms with Gasteiger partial charge < -0.3 is 21.3 Å². The quantitative estimate of drug-likeness (QED) is 0.149. The first-order chi connectivity index (χ1) is 10.9. The minimum Gasteiger partial charge on any atom is -0.355 e. The smallest absolute Gasteiger partial charge is 0.242 e. The van der Waals surface area contributed by atoms with Gasteiger partial charge in [-0.25, -0.2) is 0 Å². The standard InChI is InChI=1S/C12H19ClI2N4O4/c13-5-9(20)17-3-4-18-12(23)8(19-11(22)7-15)1-2-16-10(21)6-14/h8H,1-7H2,(H,16,21)(H,17,20)(H,18,23)(H,19,22)/t8-/m0/s1. The molecule has 0 radical (unpaired) electrons. The number of amides is 4. The van der Waals surface area contributed by atoms with Crippen LogP contribution in [0.1, 0.15) is 6.42 Å². The molecule has 8 nitrogen and oxygen atoms in total. The number of nitrogens with one attached hydrogen (secondary N) is 4. The highest BCUT2D eigenvalue weighted by molar-refractivity contribution is 14.1. The zero-order valence-electron chi connectivity index (χ0n) is 12.3. The van der Waals surface area contributed by atoms with E-state index in [1.807, 2.05) is 45.2 Å². The molecule has 0 bridgehead atoms. The molecule has 11 heteroatoms. The van der Waals surface area contributed by atoms with Gasteiger partial charge in [-0.05, 0) is 6.42 Å². The average Bonchev–Trinajstić information content (AvgIpc) is 2.56. The number of halogens is 3. The molecule has 23 heavy (non-hydrogen) atoms. The van der Waals surface area contributed by atoms with Crippen LogP contribution in [0.5, 0.6) is 0 Å². The lowest BCUT2D eigenvalue weighted by Crippen LogP contribution is -2.49. The molecular weight excluding hydrogens is 553 g/mol. The van der Waals surface area contributed by atoms with Crippen LogP contribution in [0.4, 0.5) is 0 Å². The van der Waals surface area contributed by atoms with E-state index in [0.29, 0.717) is 4.43 Å². The fourth-order valence-corrected chi connectivity index (χ4v) is 2.05. The van der Waals surface area contributed by atoms with Crippen LogP contribution in [0, 0.1) is 0 Å². The molecule has 0 spiro atoms. The summed E-state index contributed by atoms with van der Waals surface area (Å²) in [5, 5.41) is 10.4. The normalized spacial score (nSPS) is 11.3. The van der Waals surface area contributed by atoms with Gasteiger partial charge in [0.05, 0.1) is 8.86 Å². The third kappa shape index (κ3) is 11.8. The molecule has 0 aliphatic heterocycles. The maximum atomic E-state index is 12.1. The summed E-state index contributed by atoms with van der Waals surface area (Å²) in [6.07, 6.45) is 0.282. The van der Waals surface area contributed by atoms with E-state index in [4.69, 9.17) is 11.6 Å². The third-order valence-electron chi connectivity index (χ3n) is 2.52. The predicted molar refractivity (Wildman–Crippen MR) is 104 cm³/mol. The molecule has 1 atom stereocenters. The summed E-state index contributed by atoms with van der Waals surface area (Å²) in [5.41, 5.74) is 0. The van der Waals surface area contributed by atoms with E-state index in [1.165, 1.54) is 0 Å². The highest BCUT2D eigenvalue weighted by atomic mass is 127. The first-order valence-electron chi connectivity index (χ1n) is 6.73. The molecule has 4 amide bonds. The number of hydrogen-bond donors (Lipinski definition) is 4. The van der Waals surface area contributed by atoms with Crippen molar-refractivity contribution in [1.82, 2.24) is 21.3 Å². The van der Waals surface area contributed by atoms with Crippen molar-refractivity contribution in [2.24, 2.45) is 0 Å². The molecular formula is C12H19ClI2N4O4. The van der Waals surface area contributed by atoms with Crippen molar-refractivity contribution in [3.05, 3.63) is 0 Å². The zero-order chi connectivity index (χ0) is 17.7. The lowest BCUT2D eigenvalue weighted by molar-refractivity contribution is -0.128. The van der Waals surface area contributed by atoms with Gasteiger partial charge in [0, 0.05) is 19.6 Å². The van der Waals surface area contributed by atoms with Crippen molar-refractivity contribution >= 4 is 80.4 Å². The van der Waals surface area contributed by atoms with Crippen molar-refractivity contribution in [2.75, 3.05) is 34.4 Å². The lowest BCUT2D eigenvalue weighted by Gasteiger charge is -2.18. The second-order valence-corrected chi connectivity index (χ2v) is 6.09. The highest BCUT2D eigenvalue weighted by Gasteiger charge is 2.20. The van der Waals surface area contributed by atoms with Gasteiger partial charge >= 0.3 is 0 Å². The van der Waals surface area contributed by atoms with Crippen molar-refractivity contribution < 1.29 is 19.2 Å². The number of alkyl halides is 3. The van der Waals surface area contributed by atoms with Crippen molar-refractivity contribution in [3.8, 4) is 0 Å². The van der Waals surface area contributed by atoms with E-state index in [2.05, 4.69) is 21.3 Å². The molecule has 0 aliphatic rings. The van der Waals surface area contributed by atoms with Gasteiger partial charge in [-0.1, -0.05) is 45.2 Å². The fraction of sp³-hybridized carbons (Fsp3) is 0.667. The Hall–Kier alpha value is -0.370. The minimum absolute atomic E-state index is 0.131. The number of carbonyl (C=O) groups excluding carboxylic acids is 4. The molecule has 0 unspecified atom stereocenters. The van der Waals surface area contributed by atoms with E-state index >= 15 is 0 Å². The monoisotopic (exact) mass is 572 g/mol. The van der Waals surface area contributed by atoms with Gasteiger partial charge in [0.1, 0.15) is 11.9 Å². The Labute approximate surface area is 166 Å². The molecule has 0 aromatic heterocycles. The summed E-state index contributed by atoms with van der Waals surface area (Å²) in [6, 6.07) is -0.740. The summed E-state index contributed by atoms with van der Waals surface area (Å²) in [7, 11) is 0. The summed E-state index contributed by atoms with van der Waals surface area (Å²) in [5.74, 6) is -1.22. The van der Waals surface area contributed by atoms with E-state index in [0.717, 1.165) is 0 Å². The molecule has 0 saturated carbocycles. The maximum Gasteiger partial charge on any atom is 0.242 e. The van der Waals surface area contributed by atoms with Crippen LogP contribution in [0.2, 0.25) is 0 Å². The van der Waals surface area contributed by atoms with Crippen LogP contribution in [-0.2, 0) is 19.2 Å². The molecule has 0 aromatic carbocycles. The van der Waals surface area contributed by atoms with Crippen molar-refractivity contribution in [3.63, 3.8) is 0 Å². The average molecular weight is 573 g/mol. The van der Waals surface area contributed by atoms with Gasteiger partial charge in [0.15, 0.2) is 0 Å². The van der Waals surface area contributed by atoms with Crippen LogP contribution in [0.25, 0.3) is 0 Å². The predicted octanol–water partition coefficient (Wildman–Crippen LogP) is -0.681. The number of hydrogen-bond acceptors (Lipinski definition) is 4. The van der Waals surface area contributed by atoms with Gasteiger partial charge in [-0.2, -0.15) is 0 Å². The van der Waals surface area contributed by atoms with Gasteiger partial charge in [0.2, 0.25) is 23.6 Å². The van der Waals surface area contributed by atoms with E-state index < -0.39 is 6.04 Å². The molecule has 132 valence electrons. The zero-order valence-corrected chi connectivity index (χ0v) is 17.4. The summed E-state index contributed by atoms with van der Waals surface area (Å²) in [4.78, 5) is 45.7. The van der Waals surface area contributed by atoms with E-state index in [1.54, 1.807) is 0 Å². The number of carbonyl (C=O) groups is 4. The van der Waals surface area contributed by atoms with Crippen LogP contribution in [0.15, 0.2) is 0 Å². The van der Waals surface area contributed by atoms with Crippen molar-refractivity contribution in [2.45, 2.75) is 12.5 Å². The number of rotatable bonds is 11. The van der Waals surface area contributed by atoms with Crippen LogP contribution < -0.4 is 21.3 Å². The Morgan fingerprint density at radius 2 is 1.39 bits per heavy atom. The van der Waals surface area contributed by atoms with Crippen LogP contribution in [-0.4, -0.2) is 64.0 Å². The third-order valence-corrected chi connectivity index (χ3v) is 4.15. The van der Waals surface area contributed by atoms with Gasteiger partial charge in [-0.3, -0.25) is 19.2 Å². The molecule has 0 aliphatic carbocycles. The first kappa shape index (κ1) is 22.6. The molecule has 0 heterocycles.